The molecule has 4 rings (SSSR count). The van der Waals surface area contributed by atoms with Crippen molar-refractivity contribution in [2.24, 2.45) is 5.92 Å². The highest BCUT2D eigenvalue weighted by atomic mass is 32.1. The molecule has 0 saturated heterocycles. The molecule has 0 aliphatic heterocycles. The fraction of sp³-hybridized carbons (Fsp3) is 0.500. The van der Waals surface area contributed by atoms with Gasteiger partial charge in [-0.1, -0.05) is 6.07 Å². The molecule has 1 aromatic heterocycles. The predicted octanol–water partition coefficient (Wildman–Crippen LogP) is 3.34. The molecule has 1 aromatic carbocycles. The topological polar surface area (TPSA) is 77.1 Å². The van der Waals surface area contributed by atoms with Gasteiger partial charge in [0.25, 0.3) is 0 Å². The lowest BCUT2D eigenvalue weighted by Gasteiger charge is -2.29. The Morgan fingerprint density at radius 3 is 2.85 bits per heavy atom. The van der Waals surface area contributed by atoms with E-state index in [0.717, 1.165) is 61.3 Å². The van der Waals surface area contributed by atoms with Crippen molar-refractivity contribution in [3.05, 3.63) is 34.5 Å². The van der Waals surface area contributed by atoms with Gasteiger partial charge < -0.3 is 20.5 Å². The maximum atomic E-state index is 13.8. The van der Waals surface area contributed by atoms with Gasteiger partial charge >= 0.3 is 0 Å². The fourth-order valence-electron chi connectivity index (χ4n) is 4.13. The molecular formula is C20H23FN3O2S-. The quantitative estimate of drug-likeness (QED) is 0.842. The number of amides is 1. The van der Waals surface area contributed by atoms with E-state index in [-0.39, 0.29) is 5.82 Å². The Morgan fingerprint density at radius 1 is 1.26 bits per heavy atom. The average molecular weight is 388 g/mol. The molecule has 5 nitrogen and oxygen atoms in total. The van der Waals surface area contributed by atoms with Gasteiger partial charge in [-0.05, 0) is 68.6 Å². The van der Waals surface area contributed by atoms with Crippen LogP contribution in [-0.2, 0) is 12.8 Å². The zero-order valence-corrected chi connectivity index (χ0v) is 15.9. The number of nitrogens with zero attached hydrogens (tertiary/aromatic N) is 1. The Balaban J connectivity index is 1.43. The van der Waals surface area contributed by atoms with Crippen molar-refractivity contribution >= 4 is 22.6 Å². The minimum atomic E-state index is -1.20. The van der Waals surface area contributed by atoms with E-state index in [4.69, 9.17) is 4.98 Å². The van der Waals surface area contributed by atoms with E-state index >= 15 is 0 Å². The summed E-state index contributed by atoms with van der Waals surface area (Å²) in [5, 5.41) is 17.4. The van der Waals surface area contributed by atoms with E-state index in [1.165, 1.54) is 16.5 Å². The number of hydrogen-bond donors (Lipinski definition) is 2. The number of aryl methyl sites for hydroxylation is 2. The molecule has 1 heterocycles. The van der Waals surface area contributed by atoms with Gasteiger partial charge in [0, 0.05) is 23.0 Å². The van der Waals surface area contributed by atoms with Gasteiger partial charge in [-0.2, -0.15) is 0 Å². The van der Waals surface area contributed by atoms with Crippen LogP contribution in [0.1, 0.15) is 42.5 Å². The Kier molecular flexibility index (Phi) is 5.29. The SMILES string of the molecule is O=C([O-])NCC1CCC(Nc2nc3c(s2)CCCc2ccc(F)cc2-3)CC1. The highest BCUT2D eigenvalue weighted by Crippen LogP contribution is 2.38. The molecule has 0 unspecified atom stereocenters. The number of carbonyl (C=O) groups excluding carboxylic acids is 1. The highest BCUT2D eigenvalue weighted by molar-refractivity contribution is 7.16. The first-order valence-electron chi connectivity index (χ1n) is 9.58. The lowest BCUT2D eigenvalue weighted by atomic mass is 9.86. The predicted molar refractivity (Wildman–Crippen MR) is 102 cm³/mol. The molecule has 2 aromatic rings. The number of benzene rings is 1. The number of carboxylic acid groups (broad SMARTS) is 1. The summed E-state index contributed by atoms with van der Waals surface area (Å²) in [6, 6.07) is 5.38. The van der Waals surface area contributed by atoms with Gasteiger partial charge in [0.1, 0.15) is 11.9 Å². The van der Waals surface area contributed by atoms with Gasteiger partial charge in [0.05, 0.1) is 5.69 Å². The Bertz CT molecular complexity index is 831. The molecule has 144 valence electrons. The first-order chi connectivity index (χ1) is 13.1. The summed E-state index contributed by atoms with van der Waals surface area (Å²) in [5.74, 6) is 0.163. The number of aromatic nitrogens is 1. The van der Waals surface area contributed by atoms with E-state index in [1.807, 2.05) is 6.07 Å². The molecule has 0 bridgehead atoms. The summed E-state index contributed by atoms with van der Waals surface area (Å²) in [6.07, 6.45) is 5.76. The van der Waals surface area contributed by atoms with Crippen LogP contribution in [0.25, 0.3) is 11.3 Å². The zero-order valence-electron chi connectivity index (χ0n) is 15.1. The summed E-state index contributed by atoms with van der Waals surface area (Å²) >= 11 is 1.68. The van der Waals surface area contributed by atoms with Crippen molar-refractivity contribution < 1.29 is 14.3 Å². The maximum Gasteiger partial charge on any atom is 0.183 e. The third-order valence-corrected chi connectivity index (χ3v) is 6.63. The average Bonchev–Trinajstić information content (AvgIpc) is 2.97. The van der Waals surface area contributed by atoms with Crippen molar-refractivity contribution in [3.8, 4) is 11.3 Å². The third kappa shape index (κ3) is 4.24. The van der Waals surface area contributed by atoms with Gasteiger partial charge in [-0.3, -0.25) is 0 Å². The number of rotatable bonds is 4. The lowest BCUT2D eigenvalue weighted by Crippen LogP contribution is -2.40. The number of carbonyl (C=O) groups is 1. The van der Waals surface area contributed by atoms with Crippen molar-refractivity contribution in [2.45, 2.75) is 51.0 Å². The molecule has 0 radical (unpaired) electrons. The van der Waals surface area contributed by atoms with Crippen molar-refractivity contribution in [3.63, 3.8) is 0 Å². The van der Waals surface area contributed by atoms with Crippen molar-refractivity contribution in [1.29, 1.82) is 0 Å². The second-order valence-corrected chi connectivity index (χ2v) is 8.56. The molecular weight excluding hydrogens is 365 g/mol. The number of fused-ring (bicyclic) bond motifs is 3. The molecule has 0 spiro atoms. The molecule has 7 heteroatoms. The van der Waals surface area contributed by atoms with Crippen LogP contribution in [0.5, 0.6) is 0 Å². The van der Waals surface area contributed by atoms with Crippen molar-refractivity contribution in [1.82, 2.24) is 10.3 Å². The maximum absolute atomic E-state index is 13.8. The smallest absolute Gasteiger partial charge is 0.183 e. The molecule has 2 aliphatic carbocycles. The molecule has 1 amide bonds. The first kappa shape index (κ1) is 18.2. The number of halogens is 1. The molecule has 0 atom stereocenters. The minimum Gasteiger partial charge on any atom is -0.530 e. The number of hydrogen-bond acceptors (Lipinski definition) is 5. The number of nitrogens with one attached hydrogen (secondary N) is 2. The van der Waals surface area contributed by atoms with Gasteiger partial charge in [-0.15, -0.1) is 11.3 Å². The lowest BCUT2D eigenvalue weighted by molar-refractivity contribution is -0.251. The van der Waals surface area contributed by atoms with Crippen LogP contribution in [0, 0.1) is 11.7 Å². The molecule has 2 aliphatic rings. The molecule has 2 N–H and O–H groups in total. The molecule has 27 heavy (non-hydrogen) atoms. The standard InChI is InChI=1S/C20H24FN3O2S/c21-14-7-6-13-2-1-3-17-18(16(13)10-14)24-19(27-17)23-15-8-4-12(5-9-15)11-22-20(25)26/h6-7,10,12,15,22H,1-5,8-9,11H2,(H,23,24)(H,25,26)/p-1. The van der Waals surface area contributed by atoms with E-state index < -0.39 is 6.09 Å². The Morgan fingerprint density at radius 2 is 2.07 bits per heavy atom. The summed E-state index contributed by atoms with van der Waals surface area (Å²) in [4.78, 5) is 16.6. The minimum absolute atomic E-state index is 0.215. The van der Waals surface area contributed by atoms with E-state index in [9.17, 15) is 14.3 Å². The van der Waals surface area contributed by atoms with E-state index in [2.05, 4.69) is 10.6 Å². The summed E-state index contributed by atoms with van der Waals surface area (Å²) in [6.45, 7) is 0.475. The van der Waals surface area contributed by atoms with E-state index in [0.29, 0.717) is 18.5 Å². The Hall–Kier alpha value is -2.15. The van der Waals surface area contributed by atoms with Crippen LogP contribution in [0.2, 0.25) is 0 Å². The fourth-order valence-corrected chi connectivity index (χ4v) is 5.23. The van der Waals surface area contributed by atoms with Gasteiger partial charge in [0.15, 0.2) is 5.13 Å². The Labute approximate surface area is 162 Å². The monoisotopic (exact) mass is 388 g/mol. The summed E-state index contributed by atoms with van der Waals surface area (Å²) < 4.78 is 13.8. The second kappa shape index (κ2) is 7.84. The van der Waals surface area contributed by atoms with Crippen LogP contribution < -0.4 is 15.7 Å². The zero-order chi connectivity index (χ0) is 18.8. The van der Waals surface area contributed by atoms with Crippen molar-refractivity contribution in [2.75, 3.05) is 11.9 Å². The number of anilines is 1. The van der Waals surface area contributed by atoms with Gasteiger partial charge in [-0.25, -0.2) is 9.37 Å². The van der Waals surface area contributed by atoms with Crippen LogP contribution in [0.4, 0.5) is 14.3 Å². The van der Waals surface area contributed by atoms with Crippen LogP contribution in [-0.4, -0.2) is 23.7 Å². The van der Waals surface area contributed by atoms with E-state index in [1.54, 1.807) is 17.4 Å². The molecule has 1 fully saturated rings. The van der Waals surface area contributed by atoms with Crippen LogP contribution in [0.3, 0.4) is 0 Å². The number of thiazole rings is 1. The summed E-state index contributed by atoms with van der Waals surface area (Å²) in [5.41, 5.74) is 3.04. The van der Waals surface area contributed by atoms with Crippen LogP contribution >= 0.6 is 11.3 Å². The first-order valence-corrected chi connectivity index (χ1v) is 10.4. The van der Waals surface area contributed by atoms with Gasteiger partial charge in [0.2, 0.25) is 0 Å². The highest BCUT2D eigenvalue weighted by Gasteiger charge is 2.24. The normalized spacial score (nSPS) is 21.7. The van der Waals surface area contributed by atoms with Crippen LogP contribution in [0.15, 0.2) is 18.2 Å². The summed E-state index contributed by atoms with van der Waals surface area (Å²) in [7, 11) is 0. The molecule has 1 saturated carbocycles. The third-order valence-electron chi connectivity index (χ3n) is 5.58. The second-order valence-electron chi connectivity index (χ2n) is 7.48. The largest absolute Gasteiger partial charge is 0.530 e.